The number of allylic oxidation sites excluding steroid dienone is 2. The molecule has 2 heteroatoms. The summed E-state index contributed by atoms with van der Waals surface area (Å²) in [5.74, 6) is -0.307. The van der Waals surface area contributed by atoms with E-state index in [0.717, 1.165) is 12.8 Å². The van der Waals surface area contributed by atoms with Crippen molar-refractivity contribution in [1.82, 2.24) is 0 Å². The highest BCUT2D eigenvalue weighted by Gasteiger charge is 1.95. The second-order valence-electron chi connectivity index (χ2n) is 7.02. The van der Waals surface area contributed by atoms with Crippen molar-refractivity contribution in [2.45, 2.75) is 110 Å². The Morgan fingerprint density at radius 1 is 0.720 bits per heavy atom. The van der Waals surface area contributed by atoms with E-state index in [0.29, 0.717) is 6.61 Å². The average Bonchev–Trinajstić information content (AvgIpc) is 2.63. The quantitative estimate of drug-likeness (QED) is 0.104. The van der Waals surface area contributed by atoms with E-state index in [4.69, 9.17) is 4.74 Å². The van der Waals surface area contributed by atoms with Gasteiger partial charge in [0.1, 0.15) is 0 Å². The van der Waals surface area contributed by atoms with Crippen LogP contribution in [-0.4, -0.2) is 12.6 Å². The predicted octanol–water partition coefficient (Wildman–Crippen LogP) is 7.53. The number of esters is 1. The molecule has 0 atom stereocenters. The van der Waals surface area contributed by atoms with E-state index < -0.39 is 0 Å². The molecule has 146 valence electrons. The lowest BCUT2D eigenvalue weighted by atomic mass is 10.1. The lowest BCUT2D eigenvalue weighted by Gasteiger charge is -2.02. The van der Waals surface area contributed by atoms with Gasteiger partial charge >= 0.3 is 5.97 Å². The molecule has 0 radical (unpaired) electrons. The number of carbonyl (C=O) groups excluding carboxylic acids is 1. The monoisotopic (exact) mass is 350 g/mol. The van der Waals surface area contributed by atoms with Crippen LogP contribution in [0.4, 0.5) is 0 Å². The van der Waals surface area contributed by atoms with Crippen molar-refractivity contribution >= 4 is 5.97 Å². The third kappa shape index (κ3) is 20.9. The fourth-order valence-electron chi connectivity index (χ4n) is 2.93. The maximum atomic E-state index is 10.8. The van der Waals surface area contributed by atoms with Crippen molar-refractivity contribution in [3.8, 4) is 0 Å². The highest BCUT2D eigenvalue weighted by atomic mass is 16.5. The van der Waals surface area contributed by atoms with Gasteiger partial charge in [0, 0.05) is 6.08 Å². The van der Waals surface area contributed by atoms with Gasteiger partial charge in [-0.05, 0) is 32.1 Å². The lowest BCUT2D eigenvalue weighted by molar-refractivity contribution is -0.137. The van der Waals surface area contributed by atoms with E-state index in [1.165, 1.54) is 96.0 Å². The summed E-state index contributed by atoms with van der Waals surface area (Å²) < 4.78 is 4.95. The van der Waals surface area contributed by atoms with Crippen LogP contribution in [-0.2, 0) is 9.53 Å². The van der Waals surface area contributed by atoms with Gasteiger partial charge in [-0.1, -0.05) is 96.3 Å². The molecular weight excluding hydrogens is 308 g/mol. The summed E-state index contributed by atoms with van der Waals surface area (Å²) in [6, 6.07) is 0. The molecule has 0 aromatic carbocycles. The van der Waals surface area contributed by atoms with Gasteiger partial charge in [0.25, 0.3) is 0 Å². The summed E-state index contributed by atoms with van der Waals surface area (Å²) in [6.07, 6.45) is 27.0. The predicted molar refractivity (Wildman–Crippen MR) is 110 cm³/mol. The van der Waals surface area contributed by atoms with Gasteiger partial charge in [-0.2, -0.15) is 0 Å². The molecule has 0 amide bonds. The molecule has 0 aliphatic carbocycles. The first-order valence-corrected chi connectivity index (χ1v) is 10.8. The Bertz CT molecular complexity index is 320. The lowest BCUT2D eigenvalue weighted by Crippen LogP contribution is -2.01. The number of rotatable bonds is 19. The van der Waals surface area contributed by atoms with Gasteiger partial charge < -0.3 is 4.74 Å². The van der Waals surface area contributed by atoms with Crippen LogP contribution in [0.5, 0.6) is 0 Å². The van der Waals surface area contributed by atoms with Gasteiger partial charge in [-0.15, -0.1) is 0 Å². The number of hydrogen-bond acceptors (Lipinski definition) is 2. The Hall–Kier alpha value is -1.05. The molecule has 0 rings (SSSR count). The Morgan fingerprint density at radius 3 is 1.64 bits per heavy atom. The highest BCUT2D eigenvalue weighted by molar-refractivity contribution is 5.81. The Balaban J connectivity index is 3.11. The molecule has 0 aromatic heterocycles. The fraction of sp³-hybridized carbons (Fsp3) is 0.783. The second-order valence-corrected chi connectivity index (χ2v) is 7.02. The number of carbonyl (C=O) groups is 1. The standard InChI is InChI=1S/C23H42O2/c1-3-5-6-7-8-9-10-11-12-13-14-15-16-17-18-19-20-21-22-25-23(24)4-2/h4,13-14H,2-3,5-12,15-22H2,1H3/b14-13+. The topological polar surface area (TPSA) is 26.3 Å². The van der Waals surface area contributed by atoms with Crippen LogP contribution in [0, 0.1) is 0 Å². The molecule has 0 saturated carbocycles. The van der Waals surface area contributed by atoms with E-state index in [1.807, 2.05) is 0 Å². The Kier molecular flexibility index (Phi) is 20.1. The maximum Gasteiger partial charge on any atom is 0.330 e. The molecule has 0 spiro atoms. The molecule has 0 saturated heterocycles. The smallest absolute Gasteiger partial charge is 0.330 e. The van der Waals surface area contributed by atoms with Crippen molar-refractivity contribution in [1.29, 1.82) is 0 Å². The molecule has 0 aliphatic rings. The van der Waals surface area contributed by atoms with Crippen molar-refractivity contribution < 1.29 is 9.53 Å². The van der Waals surface area contributed by atoms with Crippen molar-refractivity contribution in [3.63, 3.8) is 0 Å². The first kappa shape index (κ1) is 23.9. The molecule has 0 aliphatic heterocycles. The summed E-state index contributed by atoms with van der Waals surface area (Å²) in [7, 11) is 0. The largest absolute Gasteiger partial charge is 0.463 e. The van der Waals surface area contributed by atoms with E-state index in [2.05, 4.69) is 25.7 Å². The van der Waals surface area contributed by atoms with E-state index in [-0.39, 0.29) is 5.97 Å². The molecule has 2 nitrogen and oxygen atoms in total. The van der Waals surface area contributed by atoms with E-state index in [1.54, 1.807) is 0 Å². The van der Waals surface area contributed by atoms with Crippen LogP contribution in [0.15, 0.2) is 24.8 Å². The minimum Gasteiger partial charge on any atom is -0.463 e. The molecule has 0 bridgehead atoms. The Morgan fingerprint density at radius 2 is 1.16 bits per heavy atom. The SMILES string of the molecule is C=CC(=O)OCCCCCCCC/C=C/CCCCCCCCCC. The molecule has 0 heterocycles. The second kappa shape index (κ2) is 21.0. The number of ether oxygens (including phenoxy) is 1. The summed E-state index contributed by atoms with van der Waals surface area (Å²) in [4.78, 5) is 10.8. The average molecular weight is 351 g/mol. The van der Waals surface area contributed by atoms with Gasteiger partial charge in [-0.3, -0.25) is 0 Å². The molecule has 25 heavy (non-hydrogen) atoms. The molecule has 0 N–H and O–H groups in total. The number of hydrogen-bond donors (Lipinski definition) is 0. The zero-order valence-electron chi connectivity index (χ0n) is 16.8. The normalized spacial score (nSPS) is 11.1. The summed E-state index contributed by atoms with van der Waals surface area (Å²) >= 11 is 0. The minimum atomic E-state index is -0.307. The third-order valence-electron chi connectivity index (χ3n) is 4.57. The van der Waals surface area contributed by atoms with Crippen LogP contribution in [0.3, 0.4) is 0 Å². The zero-order chi connectivity index (χ0) is 18.4. The van der Waals surface area contributed by atoms with Crippen LogP contribution < -0.4 is 0 Å². The van der Waals surface area contributed by atoms with E-state index >= 15 is 0 Å². The molecule has 0 unspecified atom stereocenters. The summed E-state index contributed by atoms with van der Waals surface area (Å²) in [5, 5.41) is 0. The minimum absolute atomic E-state index is 0.307. The van der Waals surface area contributed by atoms with Gasteiger partial charge in [-0.25, -0.2) is 4.79 Å². The highest BCUT2D eigenvalue weighted by Crippen LogP contribution is 2.11. The first-order chi connectivity index (χ1) is 12.3. The molecule has 0 fully saturated rings. The van der Waals surface area contributed by atoms with Crippen LogP contribution in [0.1, 0.15) is 110 Å². The van der Waals surface area contributed by atoms with E-state index in [9.17, 15) is 4.79 Å². The zero-order valence-corrected chi connectivity index (χ0v) is 16.8. The van der Waals surface area contributed by atoms with Crippen LogP contribution in [0.2, 0.25) is 0 Å². The fourth-order valence-corrected chi connectivity index (χ4v) is 2.93. The first-order valence-electron chi connectivity index (χ1n) is 10.8. The van der Waals surface area contributed by atoms with Crippen molar-refractivity contribution in [2.24, 2.45) is 0 Å². The third-order valence-corrected chi connectivity index (χ3v) is 4.57. The summed E-state index contributed by atoms with van der Waals surface area (Å²) in [5.41, 5.74) is 0. The summed E-state index contributed by atoms with van der Waals surface area (Å²) in [6.45, 7) is 6.19. The van der Waals surface area contributed by atoms with Gasteiger partial charge in [0.2, 0.25) is 0 Å². The van der Waals surface area contributed by atoms with Gasteiger partial charge in [0.05, 0.1) is 6.61 Å². The number of unbranched alkanes of at least 4 members (excludes halogenated alkanes) is 14. The van der Waals surface area contributed by atoms with Crippen LogP contribution >= 0.6 is 0 Å². The molecular formula is C23H42O2. The van der Waals surface area contributed by atoms with Gasteiger partial charge in [0.15, 0.2) is 0 Å². The van der Waals surface area contributed by atoms with Crippen LogP contribution in [0.25, 0.3) is 0 Å². The maximum absolute atomic E-state index is 10.8. The van der Waals surface area contributed by atoms with Crippen molar-refractivity contribution in [3.05, 3.63) is 24.8 Å². The van der Waals surface area contributed by atoms with Crippen molar-refractivity contribution in [2.75, 3.05) is 6.61 Å². The molecule has 0 aromatic rings. The Labute approximate surface area is 157 Å².